The van der Waals surface area contributed by atoms with Crippen LogP contribution in [0.15, 0.2) is 0 Å². The summed E-state index contributed by atoms with van der Waals surface area (Å²) in [4.78, 5) is 46.4. The van der Waals surface area contributed by atoms with Gasteiger partial charge in [-0.2, -0.15) is 0 Å². The maximum Gasteiger partial charge on any atom is 0.326 e. The molecule has 0 aromatic heterocycles. The van der Waals surface area contributed by atoms with E-state index in [1.807, 2.05) is 0 Å². The molecule has 5 atom stereocenters. The molecule has 10 heteroatoms. The Kier molecular flexibility index (Phi) is 9.69. The van der Waals surface area contributed by atoms with E-state index < -0.39 is 54.5 Å². The molecule has 7 N–H and O–H groups in total. The first-order valence-electron chi connectivity index (χ1n) is 8.05. The van der Waals surface area contributed by atoms with Crippen molar-refractivity contribution in [2.45, 2.75) is 58.3 Å². The molecule has 5 unspecified atom stereocenters. The van der Waals surface area contributed by atoms with Gasteiger partial charge < -0.3 is 31.9 Å². The number of hydrogen-bond donors (Lipinski definition) is 6. The lowest BCUT2D eigenvalue weighted by Gasteiger charge is -2.21. The molecule has 0 heterocycles. The van der Waals surface area contributed by atoms with E-state index >= 15 is 0 Å². The zero-order valence-electron chi connectivity index (χ0n) is 14.9. The van der Waals surface area contributed by atoms with Crippen LogP contribution >= 0.6 is 0 Å². The normalized spacial score (nSPS) is 16.7. The minimum Gasteiger partial charge on any atom is -0.480 e. The second-order valence-electron chi connectivity index (χ2n) is 5.98. The van der Waals surface area contributed by atoms with Gasteiger partial charge in [0.1, 0.15) is 18.1 Å². The minimum atomic E-state index is -1.18. The predicted octanol–water partition coefficient (Wildman–Crippen LogP) is -2.07. The molecule has 0 aliphatic rings. The number of rotatable bonds is 10. The fourth-order valence-corrected chi connectivity index (χ4v) is 1.82. The molecule has 0 rings (SSSR count). The number of aliphatic hydroxyl groups is 1. The quantitative estimate of drug-likeness (QED) is 0.260. The number of carbonyl (C=O) groups excluding carboxylic acids is 3. The second kappa shape index (κ2) is 10.6. The topological polar surface area (TPSA) is 171 Å². The molecule has 0 aromatic carbocycles. The van der Waals surface area contributed by atoms with Crippen LogP contribution in [0.1, 0.15) is 34.1 Å². The Morgan fingerprint density at radius 1 is 1.04 bits per heavy atom. The maximum absolute atomic E-state index is 11.9. The van der Waals surface area contributed by atoms with Crippen LogP contribution in [-0.4, -0.2) is 64.7 Å². The lowest BCUT2D eigenvalue weighted by Crippen LogP contribution is -2.54. The van der Waals surface area contributed by atoms with Crippen molar-refractivity contribution >= 4 is 23.7 Å². The van der Waals surface area contributed by atoms with Gasteiger partial charge in [-0.25, -0.2) is 4.79 Å². The van der Waals surface area contributed by atoms with E-state index in [1.54, 1.807) is 13.8 Å². The number of nitrogens with two attached hydrogens (primary N) is 1. The van der Waals surface area contributed by atoms with E-state index in [9.17, 15) is 24.3 Å². The minimum absolute atomic E-state index is 0.266. The molecule has 0 radical (unpaired) electrons. The molecule has 25 heavy (non-hydrogen) atoms. The molecular formula is C15H28N4O6. The highest BCUT2D eigenvalue weighted by Crippen LogP contribution is 2.07. The fourth-order valence-electron chi connectivity index (χ4n) is 1.82. The summed E-state index contributed by atoms with van der Waals surface area (Å²) in [5.41, 5.74) is 5.44. The number of carboxylic acids is 1. The predicted molar refractivity (Wildman–Crippen MR) is 89.3 cm³/mol. The molecule has 0 fully saturated rings. The lowest BCUT2D eigenvalue weighted by atomic mass is 9.99. The first-order chi connectivity index (χ1) is 11.5. The zero-order chi connectivity index (χ0) is 19.7. The molecule has 0 saturated carbocycles. The van der Waals surface area contributed by atoms with Crippen LogP contribution in [0.2, 0.25) is 0 Å². The van der Waals surface area contributed by atoms with Gasteiger partial charge in [0.15, 0.2) is 0 Å². The molecule has 0 spiro atoms. The van der Waals surface area contributed by atoms with Crippen LogP contribution in [0.25, 0.3) is 0 Å². The van der Waals surface area contributed by atoms with Crippen LogP contribution in [-0.2, 0) is 19.2 Å². The highest BCUT2D eigenvalue weighted by atomic mass is 16.4. The van der Waals surface area contributed by atoms with E-state index in [-0.39, 0.29) is 5.92 Å². The molecule has 144 valence electrons. The van der Waals surface area contributed by atoms with Crippen LogP contribution in [0, 0.1) is 5.92 Å². The van der Waals surface area contributed by atoms with Crippen molar-refractivity contribution in [2.75, 3.05) is 6.54 Å². The summed E-state index contributed by atoms with van der Waals surface area (Å²) >= 11 is 0. The smallest absolute Gasteiger partial charge is 0.326 e. The number of hydrogen-bond acceptors (Lipinski definition) is 6. The van der Waals surface area contributed by atoms with Gasteiger partial charge in [0.2, 0.25) is 17.7 Å². The van der Waals surface area contributed by atoms with Crippen LogP contribution in [0.5, 0.6) is 0 Å². The third-order valence-electron chi connectivity index (χ3n) is 3.79. The Bertz CT molecular complexity index is 496. The second-order valence-corrected chi connectivity index (χ2v) is 5.98. The van der Waals surface area contributed by atoms with Crippen LogP contribution in [0.3, 0.4) is 0 Å². The summed E-state index contributed by atoms with van der Waals surface area (Å²) in [5.74, 6) is -3.42. The van der Waals surface area contributed by atoms with E-state index in [0.29, 0.717) is 6.42 Å². The first kappa shape index (κ1) is 22.8. The molecule has 0 aliphatic heterocycles. The molecule has 0 aromatic rings. The number of aliphatic carboxylic acids is 1. The number of amides is 3. The standard InChI is InChI=1S/C15H28N4O6/c1-5-7(2)12(15(24)25)19-10(21)6-17-13(22)8(3)18-14(23)11(16)9(4)20/h7-9,11-12,20H,5-6,16H2,1-4H3,(H,17,22)(H,18,23)(H,19,21)(H,24,25). The SMILES string of the molecule is CCC(C)C(NC(=O)CNC(=O)C(C)NC(=O)C(N)C(C)O)C(=O)O. The lowest BCUT2D eigenvalue weighted by molar-refractivity contribution is -0.143. The summed E-state index contributed by atoms with van der Waals surface area (Å²) in [6, 6.07) is -3.20. The van der Waals surface area contributed by atoms with Gasteiger partial charge >= 0.3 is 5.97 Å². The van der Waals surface area contributed by atoms with Gasteiger partial charge in [-0.15, -0.1) is 0 Å². The Morgan fingerprint density at radius 2 is 1.60 bits per heavy atom. The van der Waals surface area contributed by atoms with E-state index in [2.05, 4.69) is 16.0 Å². The number of nitrogens with one attached hydrogen (secondary N) is 3. The number of carboxylic acid groups (broad SMARTS) is 1. The molecular weight excluding hydrogens is 332 g/mol. The fraction of sp³-hybridized carbons (Fsp3) is 0.733. The Morgan fingerprint density at radius 3 is 2.04 bits per heavy atom. The molecule has 0 bridgehead atoms. The number of carbonyl (C=O) groups is 4. The van der Waals surface area contributed by atoms with Gasteiger partial charge in [0.05, 0.1) is 12.6 Å². The zero-order valence-corrected chi connectivity index (χ0v) is 14.9. The van der Waals surface area contributed by atoms with Gasteiger partial charge in [0, 0.05) is 0 Å². The van der Waals surface area contributed by atoms with Gasteiger partial charge in [-0.3, -0.25) is 14.4 Å². The van der Waals surface area contributed by atoms with Crippen molar-refractivity contribution in [3.8, 4) is 0 Å². The van der Waals surface area contributed by atoms with Crippen LogP contribution < -0.4 is 21.7 Å². The van der Waals surface area contributed by atoms with E-state index in [4.69, 9.17) is 10.8 Å². The Balaban J connectivity index is 4.46. The Labute approximate surface area is 146 Å². The van der Waals surface area contributed by atoms with E-state index in [1.165, 1.54) is 13.8 Å². The van der Waals surface area contributed by atoms with Crippen molar-refractivity contribution < 1.29 is 29.4 Å². The third-order valence-corrected chi connectivity index (χ3v) is 3.79. The maximum atomic E-state index is 11.9. The largest absolute Gasteiger partial charge is 0.480 e. The summed E-state index contributed by atoms with van der Waals surface area (Å²) in [5, 5.41) is 25.3. The summed E-state index contributed by atoms with van der Waals surface area (Å²) in [6.07, 6.45) is -0.509. The molecule has 3 amide bonds. The van der Waals surface area contributed by atoms with Crippen molar-refractivity contribution in [1.29, 1.82) is 0 Å². The van der Waals surface area contributed by atoms with Crippen LogP contribution in [0.4, 0.5) is 0 Å². The third kappa shape index (κ3) is 7.94. The van der Waals surface area contributed by atoms with Gasteiger partial charge in [-0.1, -0.05) is 20.3 Å². The highest BCUT2D eigenvalue weighted by Gasteiger charge is 2.26. The highest BCUT2D eigenvalue weighted by molar-refractivity contribution is 5.92. The van der Waals surface area contributed by atoms with Crippen molar-refractivity contribution in [3.05, 3.63) is 0 Å². The summed E-state index contributed by atoms with van der Waals surface area (Å²) in [7, 11) is 0. The Hall–Kier alpha value is -2.20. The van der Waals surface area contributed by atoms with Gasteiger partial charge in [0.25, 0.3) is 0 Å². The van der Waals surface area contributed by atoms with Gasteiger partial charge in [-0.05, 0) is 19.8 Å². The first-order valence-corrected chi connectivity index (χ1v) is 8.05. The van der Waals surface area contributed by atoms with Crippen molar-refractivity contribution in [2.24, 2.45) is 11.7 Å². The van der Waals surface area contributed by atoms with Crippen molar-refractivity contribution in [1.82, 2.24) is 16.0 Å². The average molecular weight is 360 g/mol. The summed E-state index contributed by atoms with van der Waals surface area (Å²) < 4.78 is 0. The monoisotopic (exact) mass is 360 g/mol. The number of aliphatic hydroxyl groups excluding tert-OH is 1. The summed E-state index contributed by atoms with van der Waals surface area (Å²) in [6.45, 7) is 5.80. The van der Waals surface area contributed by atoms with E-state index in [0.717, 1.165) is 0 Å². The molecule has 0 saturated heterocycles. The van der Waals surface area contributed by atoms with Crippen molar-refractivity contribution in [3.63, 3.8) is 0 Å². The molecule has 0 aliphatic carbocycles. The average Bonchev–Trinajstić information content (AvgIpc) is 2.55. The molecule has 10 nitrogen and oxygen atoms in total.